The topological polar surface area (TPSA) is 76.2 Å². The molecule has 0 radical (unpaired) electrons. The van der Waals surface area contributed by atoms with Crippen molar-refractivity contribution in [2.24, 2.45) is 0 Å². The van der Waals surface area contributed by atoms with Gasteiger partial charge in [-0.05, 0) is 19.4 Å². The molecule has 0 saturated heterocycles. The van der Waals surface area contributed by atoms with Gasteiger partial charge in [-0.1, -0.05) is 0 Å². The van der Waals surface area contributed by atoms with E-state index in [1.54, 1.807) is 13.8 Å². The van der Waals surface area contributed by atoms with Crippen molar-refractivity contribution in [1.29, 1.82) is 5.26 Å². The minimum absolute atomic E-state index is 0.0903. The Morgan fingerprint density at radius 3 is 2.73 bits per heavy atom. The number of non-ortho nitro benzene ring substituents is 1. The number of nitrogens with zero attached hydrogens (tertiary/aromatic N) is 2. The van der Waals surface area contributed by atoms with Gasteiger partial charge in [-0.15, -0.1) is 0 Å². The lowest BCUT2D eigenvalue weighted by atomic mass is 10.1. The molecule has 15 heavy (non-hydrogen) atoms. The van der Waals surface area contributed by atoms with Crippen LogP contribution in [-0.4, -0.2) is 11.5 Å². The predicted molar refractivity (Wildman–Crippen MR) is 53.7 cm³/mol. The minimum Gasteiger partial charge on any atom is -0.492 e. The lowest BCUT2D eigenvalue weighted by molar-refractivity contribution is -0.384. The third kappa shape index (κ3) is 2.23. The molecular formula is C10H10N2O3. The van der Waals surface area contributed by atoms with Crippen LogP contribution in [0.5, 0.6) is 5.75 Å². The Labute approximate surface area is 87.1 Å². The van der Waals surface area contributed by atoms with E-state index in [0.29, 0.717) is 17.9 Å². The molecule has 78 valence electrons. The highest BCUT2D eigenvalue weighted by atomic mass is 16.6. The largest absolute Gasteiger partial charge is 0.492 e. The molecule has 0 N–H and O–H groups in total. The number of hydrogen-bond donors (Lipinski definition) is 0. The number of hydrogen-bond acceptors (Lipinski definition) is 4. The highest BCUT2D eigenvalue weighted by Gasteiger charge is 2.14. The van der Waals surface area contributed by atoms with Crippen molar-refractivity contribution in [2.45, 2.75) is 13.8 Å². The van der Waals surface area contributed by atoms with Crippen LogP contribution in [0.1, 0.15) is 18.1 Å². The number of ether oxygens (including phenoxy) is 1. The molecule has 1 aromatic carbocycles. The molecular weight excluding hydrogens is 196 g/mol. The predicted octanol–water partition coefficient (Wildman–Crippen LogP) is 2.17. The van der Waals surface area contributed by atoms with Gasteiger partial charge in [0, 0.05) is 12.1 Å². The van der Waals surface area contributed by atoms with Crippen molar-refractivity contribution in [3.8, 4) is 11.8 Å². The zero-order valence-corrected chi connectivity index (χ0v) is 8.48. The van der Waals surface area contributed by atoms with Crippen LogP contribution in [0, 0.1) is 28.4 Å². The second kappa shape index (κ2) is 4.42. The Bertz CT molecular complexity index is 435. The third-order valence-corrected chi connectivity index (χ3v) is 1.88. The van der Waals surface area contributed by atoms with E-state index in [0.717, 1.165) is 0 Å². The second-order valence-corrected chi connectivity index (χ2v) is 2.94. The van der Waals surface area contributed by atoms with E-state index >= 15 is 0 Å². The van der Waals surface area contributed by atoms with Crippen LogP contribution in [0.2, 0.25) is 0 Å². The summed E-state index contributed by atoms with van der Waals surface area (Å²) >= 11 is 0. The molecule has 0 aliphatic heterocycles. The zero-order valence-electron chi connectivity index (χ0n) is 8.48. The molecule has 0 spiro atoms. The van der Waals surface area contributed by atoms with Gasteiger partial charge in [0.15, 0.2) is 0 Å². The molecule has 1 aromatic rings. The van der Waals surface area contributed by atoms with E-state index in [1.807, 2.05) is 6.07 Å². The first-order valence-corrected chi connectivity index (χ1v) is 4.42. The van der Waals surface area contributed by atoms with E-state index in [2.05, 4.69) is 0 Å². The Morgan fingerprint density at radius 2 is 2.27 bits per heavy atom. The molecule has 0 saturated carbocycles. The molecule has 1 rings (SSSR count). The van der Waals surface area contributed by atoms with Crippen LogP contribution in [-0.2, 0) is 0 Å². The quantitative estimate of drug-likeness (QED) is 0.561. The molecule has 0 heterocycles. The molecule has 0 unspecified atom stereocenters. The molecule has 0 bridgehead atoms. The van der Waals surface area contributed by atoms with E-state index in [1.165, 1.54) is 12.1 Å². The van der Waals surface area contributed by atoms with Gasteiger partial charge in [-0.3, -0.25) is 10.1 Å². The van der Waals surface area contributed by atoms with Crippen LogP contribution < -0.4 is 4.74 Å². The summed E-state index contributed by atoms with van der Waals surface area (Å²) < 4.78 is 5.25. The zero-order chi connectivity index (χ0) is 11.4. The van der Waals surface area contributed by atoms with Gasteiger partial charge in [0.05, 0.1) is 11.5 Å². The average molecular weight is 206 g/mol. The normalized spacial score (nSPS) is 9.40. The van der Waals surface area contributed by atoms with Gasteiger partial charge < -0.3 is 4.74 Å². The van der Waals surface area contributed by atoms with Crippen LogP contribution >= 0.6 is 0 Å². The first-order chi connectivity index (χ1) is 7.10. The molecule has 0 atom stereocenters. The molecule has 0 amide bonds. The summed E-state index contributed by atoms with van der Waals surface area (Å²) in [6.07, 6.45) is 0. The van der Waals surface area contributed by atoms with Gasteiger partial charge in [0.1, 0.15) is 17.4 Å². The Hall–Kier alpha value is -2.09. The van der Waals surface area contributed by atoms with E-state index in [9.17, 15) is 10.1 Å². The Balaban J connectivity index is 3.32. The van der Waals surface area contributed by atoms with Gasteiger partial charge in [0.25, 0.3) is 5.69 Å². The maximum atomic E-state index is 10.5. The summed E-state index contributed by atoms with van der Waals surface area (Å²) in [4.78, 5) is 10.0. The van der Waals surface area contributed by atoms with Crippen molar-refractivity contribution in [3.63, 3.8) is 0 Å². The second-order valence-electron chi connectivity index (χ2n) is 2.94. The fourth-order valence-electron chi connectivity index (χ4n) is 1.28. The lowest BCUT2D eigenvalue weighted by Crippen LogP contribution is -1.99. The first-order valence-electron chi connectivity index (χ1n) is 4.42. The van der Waals surface area contributed by atoms with Crippen LogP contribution in [0.3, 0.4) is 0 Å². The molecule has 5 nitrogen and oxygen atoms in total. The fraction of sp³-hybridized carbons (Fsp3) is 0.300. The van der Waals surface area contributed by atoms with Gasteiger partial charge in [-0.2, -0.15) is 5.26 Å². The van der Waals surface area contributed by atoms with Crippen molar-refractivity contribution in [2.75, 3.05) is 6.61 Å². The molecule has 5 heteroatoms. The Kier molecular flexibility index (Phi) is 3.24. The molecule has 0 aliphatic rings. The number of nitro benzene ring substituents is 1. The Morgan fingerprint density at radius 1 is 1.60 bits per heavy atom. The number of benzene rings is 1. The van der Waals surface area contributed by atoms with Crippen molar-refractivity contribution in [1.82, 2.24) is 0 Å². The maximum Gasteiger partial charge on any atom is 0.271 e. The van der Waals surface area contributed by atoms with Crippen molar-refractivity contribution < 1.29 is 9.66 Å². The number of rotatable bonds is 3. The highest BCUT2D eigenvalue weighted by Crippen LogP contribution is 2.28. The summed E-state index contributed by atoms with van der Waals surface area (Å²) in [6, 6.07) is 4.50. The van der Waals surface area contributed by atoms with Crippen LogP contribution in [0.25, 0.3) is 0 Å². The van der Waals surface area contributed by atoms with E-state index in [-0.39, 0.29) is 11.3 Å². The smallest absolute Gasteiger partial charge is 0.271 e. The van der Waals surface area contributed by atoms with E-state index in [4.69, 9.17) is 10.00 Å². The summed E-state index contributed by atoms with van der Waals surface area (Å²) in [5.41, 5.74) is 0.707. The fourth-order valence-corrected chi connectivity index (χ4v) is 1.28. The standard InChI is InChI=1S/C10H10N2O3/c1-3-15-10-7(2)4-9(12(13)14)5-8(10)6-11/h4-5H,3H2,1-2H3. The third-order valence-electron chi connectivity index (χ3n) is 1.88. The summed E-state index contributed by atoms with van der Waals surface area (Å²) in [7, 11) is 0. The van der Waals surface area contributed by atoms with Gasteiger partial charge >= 0.3 is 0 Å². The van der Waals surface area contributed by atoms with Gasteiger partial charge in [0.2, 0.25) is 0 Å². The monoisotopic (exact) mass is 206 g/mol. The summed E-state index contributed by atoms with van der Waals surface area (Å²) in [6.45, 7) is 3.90. The first kappa shape index (κ1) is 11.0. The number of aryl methyl sites for hydroxylation is 1. The minimum atomic E-state index is -0.524. The van der Waals surface area contributed by atoms with E-state index < -0.39 is 4.92 Å². The molecule has 0 aliphatic carbocycles. The maximum absolute atomic E-state index is 10.5. The SMILES string of the molecule is CCOc1c(C)cc([N+](=O)[O-])cc1C#N. The van der Waals surface area contributed by atoms with Gasteiger partial charge in [-0.25, -0.2) is 0 Å². The number of nitriles is 1. The number of nitro groups is 1. The van der Waals surface area contributed by atoms with Crippen molar-refractivity contribution in [3.05, 3.63) is 33.4 Å². The average Bonchev–Trinajstić information content (AvgIpc) is 2.20. The van der Waals surface area contributed by atoms with Crippen LogP contribution in [0.4, 0.5) is 5.69 Å². The highest BCUT2D eigenvalue weighted by molar-refractivity contribution is 5.54. The van der Waals surface area contributed by atoms with Crippen molar-refractivity contribution >= 4 is 5.69 Å². The molecule has 0 aromatic heterocycles. The lowest BCUT2D eigenvalue weighted by Gasteiger charge is -2.08. The summed E-state index contributed by atoms with van der Waals surface area (Å²) in [5, 5.41) is 19.4. The van der Waals surface area contributed by atoms with Crippen LogP contribution in [0.15, 0.2) is 12.1 Å². The summed E-state index contributed by atoms with van der Waals surface area (Å²) in [5.74, 6) is 0.422. The molecule has 0 fully saturated rings.